The standard InChI is InChI=1S/C19H18FNO/c1-13-16(10-15-8-5-9-21-19(15)22)11-17(20)12-18(13)14-6-3-2-4-7-14/h2-4,6-7,10-12H,5,8-9H2,1H3,(H,21,22)/b15-10+. The minimum atomic E-state index is -0.285. The second-order valence-electron chi connectivity index (χ2n) is 5.56. The number of rotatable bonds is 2. The van der Waals surface area contributed by atoms with Crippen molar-refractivity contribution in [3.63, 3.8) is 0 Å². The highest BCUT2D eigenvalue weighted by Crippen LogP contribution is 2.29. The third-order valence-electron chi connectivity index (χ3n) is 4.03. The van der Waals surface area contributed by atoms with Crippen molar-refractivity contribution in [2.75, 3.05) is 6.54 Å². The molecule has 1 saturated heterocycles. The van der Waals surface area contributed by atoms with Crippen molar-refractivity contribution in [3.8, 4) is 11.1 Å². The molecule has 1 heterocycles. The van der Waals surface area contributed by atoms with Crippen LogP contribution in [0.2, 0.25) is 0 Å². The van der Waals surface area contributed by atoms with Crippen molar-refractivity contribution in [1.29, 1.82) is 0 Å². The van der Waals surface area contributed by atoms with E-state index in [2.05, 4.69) is 5.32 Å². The Balaban J connectivity index is 2.08. The second kappa shape index (κ2) is 6.14. The van der Waals surface area contributed by atoms with E-state index in [1.807, 2.05) is 43.3 Å². The van der Waals surface area contributed by atoms with Gasteiger partial charge in [0.15, 0.2) is 0 Å². The van der Waals surface area contributed by atoms with Gasteiger partial charge < -0.3 is 5.32 Å². The quantitative estimate of drug-likeness (QED) is 0.831. The Labute approximate surface area is 129 Å². The number of hydrogen-bond acceptors (Lipinski definition) is 1. The summed E-state index contributed by atoms with van der Waals surface area (Å²) in [4.78, 5) is 11.9. The zero-order valence-electron chi connectivity index (χ0n) is 12.5. The first kappa shape index (κ1) is 14.5. The maximum Gasteiger partial charge on any atom is 0.247 e. The van der Waals surface area contributed by atoms with Crippen LogP contribution in [0.5, 0.6) is 0 Å². The van der Waals surface area contributed by atoms with E-state index < -0.39 is 0 Å². The molecule has 1 aliphatic rings. The first-order chi connectivity index (χ1) is 10.6. The topological polar surface area (TPSA) is 29.1 Å². The molecule has 1 N–H and O–H groups in total. The summed E-state index contributed by atoms with van der Waals surface area (Å²) in [5.41, 5.74) is 4.32. The fraction of sp³-hybridized carbons (Fsp3) is 0.211. The van der Waals surface area contributed by atoms with Gasteiger partial charge in [0.1, 0.15) is 5.82 Å². The van der Waals surface area contributed by atoms with Crippen LogP contribution < -0.4 is 5.32 Å². The fourth-order valence-corrected chi connectivity index (χ4v) is 2.80. The van der Waals surface area contributed by atoms with Crippen LogP contribution in [0.3, 0.4) is 0 Å². The van der Waals surface area contributed by atoms with Gasteiger partial charge in [0.2, 0.25) is 5.91 Å². The lowest BCUT2D eigenvalue weighted by Crippen LogP contribution is -2.30. The maximum atomic E-state index is 14.0. The zero-order valence-corrected chi connectivity index (χ0v) is 12.5. The number of amides is 1. The van der Waals surface area contributed by atoms with E-state index >= 15 is 0 Å². The van der Waals surface area contributed by atoms with Gasteiger partial charge in [-0.2, -0.15) is 0 Å². The van der Waals surface area contributed by atoms with Crippen LogP contribution in [0, 0.1) is 12.7 Å². The van der Waals surface area contributed by atoms with Gasteiger partial charge in [0, 0.05) is 12.1 Å². The molecule has 3 rings (SSSR count). The first-order valence-corrected chi connectivity index (χ1v) is 7.49. The smallest absolute Gasteiger partial charge is 0.247 e. The van der Waals surface area contributed by atoms with Gasteiger partial charge in [0.05, 0.1) is 0 Å². The molecule has 0 aliphatic carbocycles. The molecule has 0 unspecified atom stereocenters. The van der Waals surface area contributed by atoms with E-state index in [0.717, 1.165) is 40.7 Å². The molecular formula is C19H18FNO. The predicted octanol–water partition coefficient (Wildman–Crippen LogP) is 4.09. The van der Waals surface area contributed by atoms with Crippen LogP contribution in [-0.2, 0) is 4.79 Å². The van der Waals surface area contributed by atoms with E-state index in [1.54, 1.807) is 6.07 Å². The van der Waals surface area contributed by atoms with Gasteiger partial charge in [0.25, 0.3) is 0 Å². The number of halogens is 1. The Bertz CT molecular complexity index is 735. The Morgan fingerprint density at radius 3 is 2.68 bits per heavy atom. The van der Waals surface area contributed by atoms with Gasteiger partial charge in [-0.05, 0) is 60.2 Å². The molecule has 22 heavy (non-hydrogen) atoms. The molecule has 1 amide bonds. The Hall–Kier alpha value is -2.42. The average molecular weight is 295 g/mol. The van der Waals surface area contributed by atoms with E-state index in [4.69, 9.17) is 0 Å². The molecule has 0 spiro atoms. The summed E-state index contributed by atoms with van der Waals surface area (Å²) >= 11 is 0. The summed E-state index contributed by atoms with van der Waals surface area (Å²) < 4.78 is 14.0. The highest BCUT2D eigenvalue weighted by atomic mass is 19.1. The number of piperidine rings is 1. The summed E-state index contributed by atoms with van der Waals surface area (Å²) in [5.74, 6) is -0.330. The molecule has 3 heteroatoms. The predicted molar refractivity (Wildman–Crippen MR) is 86.8 cm³/mol. The molecule has 2 aromatic carbocycles. The van der Waals surface area contributed by atoms with E-state index in [9.17, 15) is 9.18 Å². The Kier molecular flexibility index (Phi) is 4.05. The lowest BCUT2D eigenvalue weighted by Gasteiger charge is -2.16. The van der Waals surface area contributed by atoms with Crippen molar-refractivity contribution >= 4 is 12.0 Å². The number of carbonyl (C=O) groups is 1. The lowest BCUT2D eigenvalue weighted by molar-refractivity contribution is -0.118. The SMILES string of the molecule is Cc1c(/C=C2\CCCNC2=O)cc(F)cc1-c1ccccc1. The first-order valence-electron chi connectivity index (χ1n) is 7.49. The largest absolute Gasteiger partial charge is 0.352 e. The fourth-order valence-electron chi connectivity index (χ4n) is 2.80. The zero-order chi connectivity index (χ0) is 15.5. The van der Waals surface area contributed by atoms with Gasteiger partial charge >= 0.3 is 0 Å². The molecule has 0 radical (unpaired) electrons. The monoisotopic (exact) mass is 295 g/mol. The molecule has 0 saturated carbocycles. The van der Waals surface area contributed by atoms with Crippen LogP contribution in [0.15, 0.2) is 48.0 Å². The highest BCUT2D eigenvalue weighted by Gasteiger charge is 2.15. The van der Waals surface area contributed by atoms with Crippen molar-refractivity contribution in [1.82, 2.24) is 5.32 Å². The summed E-state index contributed by atoms with van der Waals surface area (Å²) in [6, 6.07) is 12.8. The van der Waals surface area contributed by atoms with Crippen LogP contribution in [0.1, 0.15) is 24.0 Å². The molecule has 0 aromatic heterocycles. The molecule has 2 aromatic rings. The number of nitrogens with one attached hydrogen (secondary N) is 1. The molecule has 112 valence electrons. The van der Waals surface area contributed by atoms with Crippen molar-refractivity contribution in [2.24, 2.45) is 0 Å². The molecule has 1 fully saturated rings. The van der Waals surface area contributed by atoms with E-state index in [0.29, 0.717) is 6.54 Å². The Morgan fingerprint density at radius 1 is 1.18 bits per heavy atom. The van der Waals surface area contributed by atoms with Gasteiger partial charge in [-0.1, -0.05) is 30.3 Å². The van der Waals surface area contributed by atoms with Crippen LogP contribution in [-0.4, -0.2) is 12.5 Å². The van der Waals surface area contributed by atoms with Gasteiger partial charge in [-0.15, -0.1) is 0 Å². The molecule has 2 nitrogen and oxygen atoms in total. The second-order valence-corrected chi connectivity index (χ2v) is 5.56. The summed E-state index contributed by atoms with van der Waals surface area (Å²) in [6.45, 7) is 2.68. The Morgan fingerprint density at radius 2 is 1.95 bits per heavy atom. The van der Waals surface area contributed by atoms with Gasteiger partial charge in [-0.25, -0.2) is 4.39 Å². The van der Waals surface area contributed by atoms with Crippen molar-refractivity contribution < 1.29 is 9.18 Å². The highest BCUT2D eigenvalue weighted by molar-refractivity contribution is 5.98. The summed E-state index contributed by atoms with van der Waals surface area (Å²) in [5, 5.41) is 2.83. The molecule has 0 atom stereocenters. The minimum absolute atomic E-state index is 0.0452. The third-order valence-corrected chi connectivity index (χ3v) is 4.03. The molecule has 1 aliphatic heterocycles. The number of benzene rings is 2. The molecular weight excluding hydrogens is 277 g/mol. The third kappa shape index (κ3) is 2.93. The number of carbonyl (C=O) groups excluding carboxylic acids is 1. The maximum absolute atomic E-state index is 14.0. The minimum Gasteiger partial charge on any atom is -0.352 e. The molecule has 0 bridgehead atoms. The van der Waals surface area contributed by atoms with E-state index in [1.165, 1.54) is 6.07 Å². The lowest BCUT2D eigenvalue weighted by atomic mass is 9.94. The van der Waals surface area contributed by atoms with Crippen LogP contribution >= 0.6 is 0 Å². The summed E-state index contributed by atoms with van der Waals surface area (Å²) in [7, 11) is 0. The average Bonchev–Trinajstić information content (AvgIpc) is 2.53. The van der Waals surface area contributed by atoms with E-state index in [-0.39, 0.29) is 11.7 Å². The number of hydrogen-bond donors (Lipinski definition) is 1. The van der Waals surface area contributed by atoms with Gasteiger partial charge in [-0.3, -0.25) is 4.79 Å². The van der Waals surface area contributed by atoms with Crippen LogP contribution in [0.25, 0.3) is 17.2 Å². The van der Waals surface area contributed by atoms with Crippen molar-refractivity contribution in [2.45, 2.75) is 19.8 Å². The summed E-state index contributed by atoms with van der Waals surface area (Å²) in [6.07, 6.45) is 3.49. The van der Waals surface area contributed by atoms with Crippen LogP contribution in [0.4, 0.5) is 4.39 Å². The van der Waals surface area contributed by atoms with Crippen molar-refractivity contribution in [3.05, 3.63) is 65.0 Å². The normalized spacial score (nSPS) is 16.6.